The van der Waals surface area contributed by atoms with Gasteiger partial charge in [0, 0.05) is 23.3 Å². The van der Waals surface area contributed by atoms with Crippen LogP contribution >= 0.6 is 0 Å². The number of carbonyl (C=O) groups excluding carboxylic acids is 3. The van der Waals surface area contributed by atoms with Gasteiger partial charge in [-0.3, -0.25) is 14.4 Å². The molecule has 0 bridgehead atoms. The highest BCUT2D eigenvalue weighted by Gasteiger charge is 2.38. The number of methoxy groups -OCH3 is 1. The summed E-state index contributed by atoms with van der Waals surface area (Å²) in [6.07, 6.45) is 5.62. The maximum atomic E-state index is 13.8. The quantitative estimate of drug-likeness (QED) is 0.279. The first-order valence-corrected chi connectivity index (χ1v) is 14.3. The molecule has 1 fully saturated rings. The molecular formula is C34H42O5. The van der Waals surface area contributed by atoms with E-state index < -0.39 is 29.5 Å². The van der Waals surface area contributed by atoms with Gasteiger partial charge in [0.15, 0.2) is 5.78 Å². The first-order valence-electron chi connectivity index (χ1n) is 14.3. The van der Waals surface area contributed by atoms with Gasteiger partial charge in [0.1, 0.15) is 5.75 Å². The molecular weight excluding hydrogens is 488 g/mol. The highest BCUT2D eigenvalue weighted by molar-refractivity contribution is 6.54. The summed E-state index contributed by atoms with van der Waals surface area (Å²) in [6, 6.07) is 12.2. The Hall–Kier alpha value is -3.05. The molecule has 1 saturated carbocycles. The van der Waals surface area contributed by atoms with E-state index in [1.807, 2.05) is 13.8 Å². The minimum Gasteiger partial charge on any atom is -0.496 e. The van der Waals surface area contributed by atoms with Gasteiger partial charge < -0.3 is 9.84 Å². The normalized spacial score (nSPS) is 21.5. The van der Waals surface area contributed by atoms with Crippen LogP contribution < -0.4 is 4.74 Å². The molecule has 0 saturated heterocycles. The summed E-state index contributed by atoms with van der Waals surface area (Å²) in [6.45, 7) is 9.34. The third kappa shape index (κ3) is 6.09. The molecule has 208 valence electrons. The number of ether oxygens (including phenoxy) is 1. The summed E-state index contributed by atoms with van der Waals surface area (Å²) in [4.78, 5) is 39.7. The number of carbonyl (C=O) groups is 3. The molecule has 2 aliphatic rings. The first-order chi connectivity index (χ1) is 18.5. The van der Waals surface area contributed by atoms with Crippen molar-refractivity contribution in [1.29, 1.82) is 0 Å². The van der Waals surface area contributed by atoms with E-state index in [1.165, 1.54) is 11.1 Å². The van der Waals surface area contributed by atoms with E-state index in [2.05, 4.69) is 31.2 Å². The second-order valence-corrected chi connectivity index (χ2v) is 12.1. The van der Waals surface area contributed by atoms with Crippen LogP contribution in [0, 0.1) is 30.6 Å². The van der Waals surface area contributed by atoms with E-state index in [4.69, 9.17) is 4.74 Å². The van der Waals surface area contributed by atoms with Crippen molar-refractivity contribution < 1.29 is 24.2 Å². The number of aliphatic hydroxyl groups excluding tert-OH is 1. The molecule has 0 aliphatic heterocycles. The number of rotatable bonds is 10. The van der Waals surface area contributed by atoms with Gasteiger partial charge in [-0.05, 0) is 79.7 Å². The average Bonchev–Trinajstić information content (AvgIpc) is 3.30. The lowest BCUT2D eigenvalue weighted by Gasteiger charge is -2.28. The number of hydrogen-bond donors (Lipinski definition) is 1. The molecule has 39 heavy (non-hydrogen) atoms. The molecule has 2 aromatic carbocycles. The molecule has 0 heterocycles. The highest BCUT2D eigenvalue weighted by Crippen LogP contribution is 2.44. The van der Waals surface area contributed by atoms with Gasteiger partial charge in [0.05, 0.1) is 18.8 Å². The average molecular weight is 531 g/mol. The van der Waals surface area contributed by atoms with Crippen LogP contribution in [0.3, 0.4) is 0 Å². The molecule has 0 radical (unpaired) electrons. The number of aryl methyl sites for hydroxylation is 1. The SMILES string of the molecule is COc1cc2c(cc1C(=O)C1CCC(Cc3ccc(C)cc3)CC1)C(C(=O)C(=O)C(C)C)=CC2C(O)C(C)C. The lowest BCUT2D eigenvalue weighted by Crippen LogP contribution is -2.24. The van der Waals surface area contributed by atoms with Crippen molar-refractivity contribution in [2.75, 3.05) is 7.11 Å². The Balaban J connectivity index is 1.60. The predicted octanol–water partition coefficient (Wildman–Crippen LogP) is 6.53. The minimum atomic E-state index is -0.738. The number of aliphatic hydroxyl groups is 1. The third-order valence-electron chi connectivity index (χ3n) is 8.54. The third-order valence-corrected chi connectivity index (χ3v) is 8.54. The van der Waals surface area contributed by atoms with Crippen molar-refractivity contribution in [3.05, 3.63) is 70.3 Å². The maximum Gasteiger partial charge on any atom is 0.229 e. The summed E-state index contributed by atoms with van der Waals surface area (Å²) in [5.41, 5.74) is 4.63. The molecule has 1 N–H and O–H groups in total. The molecule has 5 heteroatoms. The lowest BCUT2D eigenvalue weighted by atomic mass is 9.76. The monoisotopic (exact) mass is 530 g/mol. The number of Topliss-reactive ketones (excluding diaryl/α,β-unsaturated/α-hetero) is 3. The number of hydrogen-bond acceptors (Lipinski definition) is 5. The van der Waals surface area contributed by atoms with Crippen molar-refractivity contribution in [2.45, 2.75) is 78.7 Å². The smallest absolute Gasteiger partial charge is 0.229 e. The Morgan fingerprint density at radius 3 is 2.18 bits per heavy atom. The van der Waals surface area contributed by atoms with Crippen molar-refractivity contribution in [1.82, 2.24) is 0 Å². The van der Waals surface area contributed by atoms with Crippen LogP contribution in [0.1, 0.15) is 91.9 Å². The summed E-state index contributed by atoms with van der Waals surface area (Å²) in [7, 11) is 1.54. The first kappa shape index (κ1) is 28.9. The topological polar surface area (TPSA) is 80.7 Å². The van der Waals surface area contributed by atoms with E-state index in [-0.39, 0.29) is 23.2 Å². The fourth-order valence-corrected chi connectivity index (χ4v) is 6.02. The number of fused-ring (bicyclic) bond motifs is 1. The van der Waals surface area contributed by atoms with Gasteiger partial charge in [-0.1, -0.05) is 63.6 Å². The minimum absolute atomic E-state index is 0.0262. The van der Waals surface area contributed by atoms with E-state index in [0.717, 1.165) is 37.7 Å². The van der Waals surface area contributed by atoms with Crippen molar-refractivity contribution >= 4 is 22.9 Å². The molecule has 0 spiro atoms. The van der Waals surface area contributed by atoms with Crippen molar-refractivity contribution in [3.8, 4) is 5.75 Å². The van der Waals surface area contributed by atoms with Crippen LogP contribution in [0.15, 0.2) is 42.5 Å². The molecule has 4 rings (SSSR count). The Bertz CT molecular complexity index is 1260. The van der Waals surface area contributed by atoms with Gasteiger partial charge in [-0.2, -0.15) is 0 Å². The van der Waals surface area contributed by atoms with E-state index in [0.29, 0.717) is 22.8 Å². The summed E-state index contributed by atoms with van der Waals surface area (Å²) in [5.74, 6) is -1.04. The van der Waals surface area contributed by atoms with Crippen LogP contribution in [0.25, 0.3) is 5.57 Å². The second-order valence-electron chi connectivity index (χ2n) is 12.1. The van der Waals surface area contributed by atoms with Crippen LogP contribution in [0.4, 0.5) is 0 Å². The molecule has 2 unspecified atom stereocenters. The maximum absolute atomic E-state index is 13.8. The number of ketones is 3. The van der Waals surface area contributed by atoms with Gasteiger partial charge in [-0.25, -0.2) is 0 Å². The second kappa shape index (κ2) is 12.0. The Labute approximate surface area is 232 Å². The Morgan fingerprint density at radius 2 is 1.62 bits per heavy atom. The number of allylic oxidation sites excluding steroid dienone is 1. The van der Waals surface area contributed by atoms with Gasteiger partial charge in [0.25, 0.3) is 0 Å². The van der Waals surface area contributed by atoms with E-state index in [9.17, 15) is 19.5 Å². The summed E-state index contributed by atoms with van der Waals surface area (Å²) in [5, 5.41) is 11.0. The zero-order valence-electron chi connectivity index (χ0n) is 24.1. The number of benzene rings is 2. The van der Waals surface area contributed by atoms with Gasteiger partial charge in [0.2, 0.25) is 11.6 Å². The predicted molar refractivity (Wildman–Crippen MR) is 154 cm³/mol. The van der Waals surface area contributed by atoms with Crippen LogP contribution in [-0.2, 0) is 16.0 Å². The zero-order chi connectivity index (χ0) is 28.4. The lowest BCUT2D eigenvalue weighted by molar-refractivity contribution is -0.135. The van der Waals surface area contributed by atoms with Crippen molar-refractivity contribution in [2.24, 2.45) is 23.7 Å². The molecule has 2 aromatic rings. The standard InChI is InChI=1S/C34H42O5/c1-19(2)31(35)27-17-28(34(38)32(36)20(3)4)25-16-29(30(39-6)18-26(25)27)33(37)24-13-11-23(12-14-24)15-22-9-7-21(5)8-10-22/h7-10,16-20,23-24,27,31,35H,11-15H2,1-6H3. The Kier molecular flexibility index (Phi) is 8.90. The highest BCUT2D eigenvalue weighted by atomic mass is 16.5. The van der Waals surface area contributed by atoms with E-state index in [1.54, 1.807) is 39.2 Å². The molecule has 0 amide bonds. The van der Waals surface area contributed by atoms with E-state index >= 15 is 0 Å². The molecule has 2 aliphatic carbocycles. The summed E-state index contributed by atoms with van der Waals surface area (Å²) >= 11 is 0. The molecule has 5 nitrogen and oxygen atoms in total. The van der Waals surface area contributed by atoms with Crippen LogP contribution in [-0.4, -0.2) is 35.7 Å². The summed E-state index contributed by atoms with van der Waals surface area (Å²) < 4.78 is 5.68. The van der Waals surface area contributed by atoms with Gasteiger partial charge >= 0.3 is 0 Å². The Morgan fingerprint density at radius 1 is 0.974 bits per heavy atom. The fourth-order valence-electron chi connectivity index (χ4n) is 6.02. The van der Waals surface area contributed by atoms with Crippen LogP contribution in [0.2, 0.25) is 0 Å². The van der Waals surface area contributed by atoms with Crippen LogP contribution in [0.5, 0.6) is 5.75 Å². The molecule has 2 atom stereocenters. The molecule has 0 aromatic heterocycles. The fraction of sp³-hybridized carbons (Fsp3) is 0.500. The largest absolute Gasteiger partial charge is 0.496 e. The zero-order valence-corrected chi connectivity index (χ0v) is 24.1. The van der Waals surface area contributed by atoms with Gasteiger partial charge in [-0.15, -0.1) is 0 Å². The van der Waals surface area contributed by atoms with Crippen molar-refractivity contribution in [3.63, 3.8) is 0 Å².